The lowest BCUT2D eigenvalue weighted by Gasteiger charge is -2.08. The Morgan fingerprint density at radius 2 is 1.07 bits per heavy atom. The minimum Gasteiger partial charge on any atom is -0.476 e. The van der Waals surface area contributed by atoms with Crippen molar-refractivity contribution in [3.8, 4) is 0 Å². The number of aliphatic imine (C=N–C) groups is 2. The Bertz CT molecular complexity index is 757. The first kappa shape index (κ1) is 18.7. The lowest BCUT2D eigenvalue weighted by Crippen LogP contribution is -2.26. The average Bonchev–Trinajstić information content (AvgIpc) is 3.46. The fourth-order valence-electron chi connectivity index (χ4n) is 3.19. The van der Waals surface area contributed by atoms with Gasteiger partial charge in [0.1, 0.15) is 13.2 Å². The third-order valence-corrected chi connectivity index (χ3v) is 4.71. The van der Waals surface area contributed by atoms with Gasteiger partial charge in [-0.25, -0.2) is 9.98 Å². The summed E-state index contributed by atoms with van der Waals surface area (Å²) in [5.74, 6) is 1.53. The van der Waals surface area contributed by atoms with Crippen molar-refractivity contribution >= 4 is 11.8 Å². The minimum atomic E-state index is 0.694. The number of nitrogens with one attached hydrogen (secondary N) is 2. The second kappa shape index (κ2) is 9.48. The van der Waals surface area contributed by atoms with Crippen LogP contribution in [0.25, 0.3) is 0 Å². The van der Waals surface area contributed by atoms with Crippen molar-refractivity contribution in [2.45, 2.75) is 13.1 Å². The molecular formula is C22H26N4O2. The van der Waals surface area contributed by atoms with Crippen LogP contribution < -0.4 is 10.6 Å². The minimum absolute atomic E-state index is 0.694. The summed E-state index contributed by atoms with van der Waals surface area (Å²) in [4.78, 5) is 8.68. The Morgan fingerprint density at radius 3 is 1.43 bits per heavy atom. The SMILES string of the molecule is c1cc(C2=NCCO2)ccc1CNCCNCc1ccc(C2=NCCO2)cc1. The monoisotopic (exact) mass is 378 g/mol. The van der Waals surface area contributed by atoms with Crippen LogP contribution in [0.4, 0.5) is 0 Å². The van der Waals surface area contributed by atoms with Gasteiger partial charge in [-0.1, -0.05) is 24.3 Å². The Hall–Kier alpha value is -2.70. The molecule has 2 aromatic rings. The smallest absolute Gasteiger partial charge is 0.216 e. The summed E-state index contributed by atoms with van der Waals surface area (Å²) in [7, 11) is 0. The first-order valence-electron chi connectivity index (χ1n) is 9.83. The molecule has 0 atom stereocenters. The van der Waals surface area contributed by atoms with Crippen LogP contribution in [0, 0.1) is 0 Å². The Labute approximate surface area is 165 Å². The maximum Gasteiger partial charge on any atom is 0.216 e. The number of rotatable bonds is 9. The topological polar surface area (TPSA) is 67.2 Å². The normalized spacial score (nSPS) is 15.7. The number of hydrogen-bond donors (Lipinski definition) is 2. The lowest BCUT2D eigenvalue weighted by molar-refractivity contribution is 0.348. The molecule has 0 unspecified atom stereocenters. The third-order valence-electron chi connectivity index (χ3n) is 4.71. The first-order valence-corrected chi connectivity index (χ1v) is 9.83. The summed E-state index contributed by atoms with van der Waals surface area (Å²) in [6.45, 7) is 6.46. The standard InChI is InChI=1S/C22H26N4O2/c1-5-19(21-25-11-13-27-21)6-2-17(1)15-23-9-10-24-16-18-3-7-20(8-4-18)22-26-12-14-28-22/h1-8,23-24H,9-16H2. The van der Waals surface area contributed by atoms with E-state index in [1.54, 1.807) is 0 Å². The molecule has 2 heterocycles. The van der Waals surface area contributed by atoms with Crippen molar-refractivity contribution in [1.29, 1.82) is 0 Å². The van der Waals surface area contributed by atoms with E-state index in [1.807, 2.05) is 0 Å². The van der Waals surface area contributed by atoms with Crippen LogP contribution in [0.5, 0.6) is 0 Å². The van der Waals surface area contributed by atoms with E-state index in [0.29, 0.717) is 13.2 Å². The van der Waals surface area contributed by atoms with E-state index in [4.69, 9.17) is 9.47 Å². The highest BCUT2D eigenvalue weighted by molar-refractivity contribution is 5.95. The van der Waals surface area contributed by atoms with Crippen molar-refractivity contribution in [1.82, 2.24) is 10.6 Å². The van der Waals surface area contributed by atoms with Gasteiger partial charge in [0.15, 0.2) is 0 Å². The van der Waals surface area contributed by atoms with Crippen LogP contribution in [-0.2, 0) is 22.6 Å². The van der Waals surface area contributed by atoms with Crippen molar-refractivity contribution in [3.05, 3.63) is 70.8 Å². The molecule has 0 saturated carbocycles. The molecule has 6 heteroatoms. The van der Waals surface area contributed by atoms with Crippen LogP contribution in [0.2, 0.25) is 0 Å². The van der Waals surface area contributed by atoms with E-state index < -0.39 is 0 Å². The molecule has 146 valence electrons. The van der Waals surface area contributed by atoms with E-state index in [-0.39, 0.29) is 0 Å². The molecule has 6 nitrogen and oxygen atoms in total. The van der Waals surface area contributed by atoms with Crippen molar-refractivity contribution in [2.24, 2.45) is 9.98 Å². The van der Waals surface area contributed by atoms with E-state index in [1.165, 1.54) is 11.1 Å². The zero-order valence-electron chi connectivity index (χ0n) is 16.0. The third kappa shape index (κ3) is 4.97. The molecule has 2 aromatic carbocycles. The Balaban J connectivity index is 1.12. The van der Waals surface area contributed by atoms with Crippen molar-refractivity contribution in [2.75, 3.05) is 39.4 Å². The molecule has 4 rings (SSSR count). The number of nitrogens with zero attached hydrogens (tertiary/aromatic N) is 2. The first-order chi connectivity index (χ1) is 13.9. The van der Waals surface area contributed by atoms with E-state index >= 15 is 0 Å². The maximum atomic E-state index is 5.49. The zero-order chi connectivity index (χ0) is 19.0. The molecule has 0 fully saturated rings. The van der Waals surface area contributed by atoms with Gasteiger partial charge in [0.25, 0.3) is 0 Å². The fourth-order valence-corrected chi connectivity index (χ4v) is 3.19. The van der Waals surface area contributed by atoms with E-state index in [2.05, 4.69) is 69.1 Å². The second-order valence-corrected chi connectivity index (χ2v) is 6.82. The van der Waals surface area contributed by atoms with E-state index in [9.17, 15) is 0 Å². The average molecular weight is 378 g/mol. The highest BCUT2D eigenvalue weighted by atomic mass is 16.5. The summed E-state index contributed by atoms with van der Waals surface area (Å²) in [5.41, 5.74) is 4.63. The maximum absolute atomic E-state index is 5.49. The molecule has 0 spiro atoms. The number of benzene rings is 2. The molecule has 0 radical (unpaired) electrons. The van der Waals surface area contributed by atoms with Gasteiger partial charge in [-0.15, -0.1) is 0 Å². The van der Waals surface area contributed by atoms with Gasteiger partial charge in [0.2, 0.25) is 11.8 Å². The molecule has 0 amide bonds. The van der Waals surface area contributed by atoms with Crippen LogP contribution in [0.15, 0.2) is 58.5 Å². The highest BCUT2D eigenvalue weighted by Gasteiger charge is 2.10. The molecule has 0 bridgehead atoms. The summed E-state index contributed by atoms with van der Waals surface area (Å²) >= 11 is 0. The Kier molecular flexibility index (Phi) is 6.32. The van der Waals surface area contributed by atoms with Crippen LogP contribution in [0.3, 0.4) is 0 Å². The van der Waals surface area contributed by atoms with Gasteiger partial charge in [0.05, 0.1) is 13.1 Å². The Morgan fingerprint density at radius 1 is 0.643 bits per heavy atom. The molecular weight excluding hydrogens is 352 g/mol. The van der Waals surface area contributed by atoms with Gasteiger partial charge in [-0.05, 0) is 35.4 Å². The van der Waals surface area contributed by atoms with Crippen molar-refractivity contribution < 1.29 is 9.47 Å². The largest absolute Gasteiger partial charge is 0.476 e. The lowest BCUT2D eigenvalue weighted by atomic mass is 10.1. The summed E-state index contributed by atoms with van der Waals surface area (Å²) in [6, 6.07) is 16.8. The van der Waals surface area contributed by atoms with Crippen LogP contribution in [0.1, 0.15) is 22.3 Å². The summed E-state index contributed by atoms with van der Waals surface area (Å²) < 4.78 is 11.0. The quantitative estimate of drug-likeness (QED) is 0.656. The van der Waals surface area contributed by atoms with Gasteiger partial charge in [-0.3, -0.25) is 0 Å². The predicted molar refractivity (Wildman–Crippen MR) is 111 cm³/mol. The molecule has 0 aromatic heterocycles. The van der Waals surface area contributed by atoms with Crippen LogP contribution >= 0.6 is 0 Å². The molecule has 28 heavy (non-hydrogen) atoms. The van der Waals surface area contributed by atoms with Crippen LogP contribution in [-0.4, -0.2) is 51.2 Å². The summed E-state index contributed by atoms with van der Waals surface area (Å²) in [5, 5.41) is 6.93. The molecule has 2 aliphatic rings. The number of ether oxygens (including phenoxy) is 2. The zero-order valence-corrected chi connectivity index (χ0v) is 16.0. The fraction of sp³-hybridized carbons (Fsp3) is 0.364. The molecule has 2 aliphatic heterocycles. The van der Waals surface area contributed by atoms with Gasteiger partial charge >= 0.3 is 0 Å². The van der Waals surface area contributed by atoms with Gasteiger partial charge in [-0.2, -0.15) is 0 Å². The van der Waals surface area contributed by atoms with Crippen molar-refractivity contribution in [3.63, 3.8) is 0 Å². The second-order valence-electron chi connectivity index (χ2n) is 6.82. The predicted octanol–water partition coefficient (Wildman–Crippen LogP) is 2.12. The molecule has 0 saturated heterocycles. The number of hydrogen-bond acceptors (Lipinski definition) is 6. The molecule has 0 aliphatic carbocycles. The van der Waals surface area contributed by atoms with Gasteiger partial charge in [0, 0.05) is 37.3 Å². The highest BCUT2D eigenvalue weighted by Crippen LogP contribution is 2.10. The summed E-state index contributed by atoms with van der Waals surface area (Å²) in [6.07, 6.45) is 0. The van der Waals surface area contributed by atoms with Gasteiger partial charge < -0.3 is 20.1 Å². The van der Waals surface area contributed by atoms with E-state index in [0.717, 1.165) is 62.2 Å². The molecule has 2 N–H and O–H groups in total.